The van der Waals surface area contributed by atoms with Crippen molar-refractivity contribution in [2.45, 2.75) is 85.2 Å². The van der Waals surface area contributed by atoms with E-state index in [2.05, 4.69) is 74.8 Å². The van der Waals surface area contributed by atoms with Crippen LogP contribution < -0.4 is 0 Å². The first-order valence-electron chi connectivity index (χ1n) is 14.6. The lowest BCUT2D eigenvalue weighted by Crippen LogP contribution is -2.52. The summed E-state index contributed by atoms with van der Waals surface area (Å²) in [7, 11) is 0. The van der Waals surface area contributed by atoms with Gasteiger partial charge in [0.25, 0.3) is 5.91 Å². The highest BCUT2D eigenvalue weighted by Crippen LogP contribution is 2.35. The molecule has 3 rings (SSSR count). The van der Waals surface area contributed by atoms with Gasteiger partial charge in [0, 0.05) is 38.6 Å². The van der Waals surface area contributed by atoms with Crippen molar-refractivity contribution in [3.8, 4) is 0 Å². The minimum Gasteiger partial charge on any atom is -0.366 e. The van der Waals surface area contributed by atoms with Gasteiger partial charge in [0.15, 0.2) is 0 Å². The number of hydrogen-bond donors (Lipinski definition) is 0. The second kappa shape index (κ2) is 15.4. The summed E-state index contributed by atoms with van der Waals surface area (Å²) < 4.78 is 5.98. The molecule has 200 valence electrons. The highest BCUT2D eigenvalue weighted by Gasteiger charge is 2.30. The molecule has 0 spiro atoms. The number of ether oxygens (including phenoxy) is 1. The molecular weight excluding hydrogens is 444 g/mol. The molecule has 2 atom stereocenters. The van der Waals surface area contributed by atoms with Crippen molar-refractivity contribution in [2.24, 2.45) is 17.8 Å². The summed E-state index contributed by atoms with van der Waals surface area (Å²) in [6, 6.07) is 0. The van der Waals surface area contributed by atoms with E-state index in [9.17, 15) is 4.79 Å². The standard InChI is InChI=1S/C32H50N2O2/c1-5-6-7-8-9-20-33-21-22-36-31(25-33)32(35)34(23-26(2)3)24-29-13-11-15-30(27(4)16-17-29)14-10-12-28-18-19-28/h8-9,11,13,16-17,26-28,31H,5-7,10,12,14,18-25H2,1-4H3/b9-8+,17-16?,29-13+. The first kappa shape index (κ1) is 28.7. The summed E-state index contributed by atoms with van der Waals surface area (Å²) in [6.45, 7) is 13.3. The van der Waals surface area contributed by atoms with Gasteiger partial charge in [0.2, 0.25) is 0 Å². The number of unbranched alkanes of at least 4 members (excludes halogenated alkanes) is 2. The third-order valence-corrected chi connectivity index (χ3v) is 7.42. The second-order valence-electron chi connectivity index (χ2n) is 11.4. The molecule has 3 aliphatic rings. The Labute approximate surface area is 220 Å². The summed E-state index contributed by atoms with van der Waals surface area (Å²) in [5.41, 5.74) is 6.12. The molecule has 0 bridgehead atoms. The Kier molecular flexibility index (Phi) is 12.3. The lowest BCUT2D eigenvalue weighted by atomic mass is 9.93. The highest BCUT2D eigenvalue weighted by molar-refractivity contribution is 5.81. The topological polar surface area (TPSA) is 32.8 Å². The zero-order chi connectivity index (χ0) is 25.8. The molecule has 2 aliphatic carbocycles. The van der Waals surface area contributed by atoms with E-state index in [1.807, 2.05) is 4.90 Å². The van der Waals surface area contributed by atoms with Gasteiger partial charge in [-0.05, 0) is 54.4 Å². The number of carbonyl (C=O) groups excluding carboxylic acids is 1. The van der Waals surface area contributed by atoms with Crippen molar-refractivity contribution in [2.75, 3.05) is 39.3 Å². The molecule has 4 nitrogen and oxygen atoms in total. The van der Waals surface area contributed by atoms with Crippen LogP contribution in [0.2, 0.25) is 0 Å². The molecule has 1 heterocycles. The van der Waals surface area contributed by atoms with Gasteiger partial charge in [-0.25, -0.2) is 0 Å². The SMILES string of the molecule is CCCC/C=C/CN1CCOC(C(=O)N(C/C2=C/C=C=C(CCCC3CC3)C(C)C=C2)CC(C)C)C1. The molecule has 0 radical (unpaired) electrons. The molecule has 1 amide bonds. The minimum absolute atomic E-state index is 0.119. The number of amides is 1. The molecule has 2 fully saturated rings. The molecule has 36 heavy (non-hydrogen) atoms. The lowest BCUT2D eigenvalue weighted by Gasteiger charge is -2.35. The maximum atomic E-state index is 13.6. The maximum absolute atomic E-state index is 13.6. The number of hydrogen-bond acceptors (Lipinski definition) is 3. The number of rotatable bonds is 14. The van der Waals surface area contributed by atoms with E-state index >= 15 is 0 Å². The molecular formula is C32H50N2O2. The van der Waals surface area contributed by atoms with Crippen molar-refractivity contribution in [3.63, 3.8) is 0 Å². The summed E-state index contributed by atoms with van der Waals surface area (Å²) in [5, 5.41) is 0. The van der Waals surface area contributed by atoms with Gasteiger partial charge >= 0.3 is 0 Å². The van der Waals surface area contributed by atoms with Crippen LogP contribution in [0.25, 0.3) is 0 Å². The monoisotopic (exact) mass is 494 g/mol. The average molecular weight is 495 g/mol. The Morgan fingerprint density at radius 2 is 2.11 bits per heavy atom. The van der Waals surface area contributed by atoms with Crippen molar-refractivity contribution in [1.29, 1.82) is 0 Å². The Balaban J connectivity index is 1.60. The number of carbonyl (C=O) groups is 1. The molecule has 0 aromatic rings. The quantitative estimate of drug-likeness (QED) is 0.153. The second-order valence-corrected chi connectivity index (χ2v) is 11.4. The van der Waals surface area contributed by atoms with Crippen molar-refractivity contribution >= 4 is 5.91 Å². The van der Waals surface area contributed by atoms with Crippen molar-refractivity contribution in [1.82, 2.24) is 9.80 Å². The maximum Gasteiger partial charge on any atom is 0.253 e. The van der Waals surface area contributed by atoms with Gasteiger partial charge in [-0.3, -0.25) is 9.69 Å². The van der Waals surface area contributed by atoms with E-state index in [-0.39, 0.29) is 12.0 Å². The van der Waals surface area contributed by atoms with Crippen LogP contribution in [0.15, 0.2) is 53.3 Å². The molecule has 1 aliphatic heterocycles. The summed E-state index contributed by atoms with van der Waals surface area (Å²) in [4.78, 5) is 17.9. The van der Waals surface area contributed by atoms with Gasteiger partial charge in [-0.1, -0.05) is 84.1 Å². The smallest absolute Gasteiger partial charge is 0.253 e. The first-order valence-corrected chi connectivity index (χ1v) is 14.6. The van der Waals surface area contributed by atoms with Crippen LogP contribution in [0.3, 0.4) is 0 Å². The Morgan fingerprint density at radius 3 is 2.86 bits per heavy atom. The van der Waals surface area contributed by atoms with E-state index in [0.29, 0.717) is 31.5 Å². The molecule has 1 saturated heterocycles. The molecule has 0 aromatic heterocycles. The van der Waals surface area contributed by atoms with Gasteiger partial charge in [0.1, 0.15) is 6.10 Å². The van der Waals surface area contributed by atoms with E-state index in [1.165, 1.54) is 44.1 Å². The average Bonchev–Trinajstić information content (AvgIpc) is 3.68. The van der Waals surface area contributed by atoms with Crippen LogP contribution in [0.4, 0.5) is 0 Å². The number of nitrogens with zero attached hydrogens (tertiary/aromatic N) is 2. The minimum atomic E-state index is -0.382. The molecule has 1 saturated carbocycles. The zero-order valence-electron chi connectivity index (χ0n) is 23.4. The summed E-state index contributed by atoms with van der Waals surface area (Å²) in [6.07, 6.45) is 23.1. The van der Waals surface area contributed by atoms with Crippen molar-refractivity contribution in [3.05, 3.63) is 53.3 Å². The summed E-state index contributed by atoms with van der Waals surface area (Å²) >= 11 is 0. The zero-order valence-corrected chi connectivity index (χ0v) is 23.4. The third-order valence-electron chi connectivity index (χ3n) is 7.42. The molecule has 4 heteroatoms. The summed E-state index contributed by atoms with van der Waals surface area (Å²) in [5.74, 6) is 1.90. The predicted octanol–water partition coefficient (Wildman–Crippen LogP) is 6.71. The highest BCUT2D eigenvalue weighted by atomic mass is 16.5. The fourth-order valence-electron chi connectivity index (χ4n) is 5.00. The van der Waals surface area contributed by atoms with Gasteiger partial charge < -0.3 is 9.64 Å². The normalized spacial score (nSPS) is 24.5. The van der Waals surface area contributed by atoms with E-state index in [4.69, 9.17) is 4.74 Å². The fraction of sp³-hybridized carbons (Fsp3) is 0.688. The van der Waals surface area contributed by atoms with Crippen molar-refractivity contribution < 1.29 is 9.53 Å². The van der Waals surface area contributed by atoms with Crippen LogP contribution in [0.5, 0.6) is 0 Å². The van der Waals surface area contributed by atoms with E-state index in [1.54, 1.807) is 0 Å². The van der Waals surface area contributed by atoms with Crippen LogP contribution >= 0.6 is 0 Å². The van der Waals surface area contributed by atoms with Crippen LogP contribution in [0.1, 0.15) is 79.1 Å². The largest absolute Gasteiger partial charge is 0.366 e. The number of morpholine rings is 1. The predicted molar refractivity (Wildman–Crippen MR) is 151 cm³/mol. The lowest BCUT2D eigenvalue weighted by molar-refractivity contribution is -0.149. The molecule has 0 N–H and O–H groups in total. The number of allylic oxidation sites excluding steroid dienone is 4. The first-order chi connectivity index (χ1) is 17.5. The van der Waals surface area contributed by atoms with Gasteiger partial charge in [0.05, 0.1) is 6.61 Å². The van der Waals surface area contributed by atoms with Crippen LogP contribution in [-0.2, 0) is 9.53 Å². The van der Waals surface area contributed by atoms with Gasteiger partial charge in [-0.15, -0.1) is 5.73 Å². The fourth-order valence-corrected chi connectivity index (χ4v) is 5.00. The molecule has 2 unspecified atom stereocenters. The third kappa shape index (κ3) is 10.2. The Bertz CT molecular complexity index is 842. The van der Waals surface area contributed by atoms with Gasteiger partial charge in [-0.2, -0.15) is 0 Å². The Hall–Kier alpha value is -1.87. The molecule has 0 aromatic carbocycles. The Morgan fingerprint density at radius 1 is 1.28 bits per heavy atom. The van der Waals surface area contributed by atoms with Crippen LogP contribution in [0, 0.1) is 17.8 Å². The van der Waals surface area contributed by atoms with E-state index in [0.717, 1.165) is 44.0 Å². The van der Waals surface area contributed by atoms with Crippen LogP contribution in [-0.4, -0.2) is 61.1 Å². The van der Waals surface area contributed by atoms with E-state index < -0.39 is 0 Å².